The third-order valence-corrected chi connectivity index (χ3v) is 2.14. The second kappa shape index (κ2) is 12.6. The molecule has 0 rings (SSSR count). The summed E-state index contributed by atoms with van der Waals surface area (Å²) in [5, 5.41) is 0. The van der Waals surface area contributed by atoms with Crippen LogP contribution in [-0.4, -0.2) is 38.3 Å². The molecule has 0 saturated heterocycles. The largest absolute Gasteiger partial charge is 0 e. The normalized spacial score (nSPS) is 5.38. The second-order valence-electron chi connectivity index (χ2n) is 1.81. The molecule has 0 aliphatic rings. The van der Waals surface area contributed by atoms with E-state index in [1.54, 1.807) is 0 Å². The van der Waals surface area contributed by atoms with Gasteiger partial charge in [-0.3, -0.25) is 0 Å². The maximum absolute atomic E-state index is 2.26. The van der Waals surface area contributed by atoms with E-state index in [-0.39, 0.29) is 35.6 Å². The molecule has 0 atom stereocenters. The second-order valence-corrected chi connectivity index (χ2v) is 3.38. The molecule has 0 fully saturated rings. The van der Waals surface area contributed by atoms with Crippen LogP contribution in [0.3, 0.4) is 0 Å². The van der Waals surface area contributed by atoms with Gasteiger partial charge in [-0.25, -0.2) is 0 Å². The maximum atomic E-state index is 2.26. The van der Waals surface area contributed by atoms with E-state index in [0.717, 1.165) is 0 Å². The molecule has 8 heavy (non-hydrogen) atoms. The van der Waals surface area contributed by atoms with Crippen molar-refractivity contribution in [2.75, 3.05) is 0 Å². The fraction of sp³-hybridized carbons (Fsp3) is 0. The van der Waals surface area contributed by atoms with Crippen LogP contribution in [0.5, 0.6) is 0 Å². The van der Waals surface area contributed by atoms with Crippen LogP contribution in [0.2, 0.25) is 0 Å². The van der Waals surface area contributed by atoms with Crippen molar-refractivity contribution < 1.29 is 74.9 Å². The Morgan fingerprint density at radius 3 is 2.12 bits per heavy atom. The van der Waals surface area contributed by atoms with Crippen molar-refractivity contribution in [2.45, 2.75) is 0 Å². The maximum Gasteiger partial charge on any atom is 0 e. The molecule has 0 heterocycles. The van der Waals surface area contributed by atoms with Crippen LogP contribution in [0.25, 0.3) is 0 Å². The minimum absolute atomic E-state index is 0. The molecule has 0 unspecified atom stereocenters. The summed E-state index contributed by atoms with van der Waals surface area (Å²) >= 11 is 1.41. The fourth-order valence-corrected chi connectivity index (χ4v) is 1.34. The predicted octanol–water partition coefficient (Wildman–Crippen LogP) is -4.16. The van der Waals surface area contributed by atoms with Gasteiger partial charge in [0.2, 0.25) is 0 Å². The van der Waals surface area contributed by atoms with Gasteiger partial charge in [0.25, 0.3) is 0 Å². The van der Waals surface area contributed by atoms with Crippen LogP contribution >= 0.6 is 0 Å². The standard InChI is InChI=1S/B6H7.Ce.La/c1-3-5-6-4-2;;/h1,3-6H,2H2;;/q+1;-1;. The first-order valence-electron chi connectivity index (χ1n) is 3.06. The molecular formula is H7B6CeLa. The van der Waals surface area contributed by atoms with E-state index in [4.69, 9.17) is 0 Å². The van der Waals surface area contributed by atoms with Crippen LogP contribution in [0.1, 0.15) is 0 Å². The molecule has 32 valence electrons. The molecule has 1 radical (unpaired) electrons. The fourth-order valence-electron chi connectivity index (χ4n) is 0.552. The SMILES string of the molecule is BBBBB[BH][Ce].[La]. The van der Waals surface area contributed by atoms with E-state index >= 15 is 0 Å². The zero-order valence-electron chi connectivity index (χ0n) is 5.61. The molecule has 0 saturated carbocycles. The van der Waals surface area contributed by atoms with E-state index in [1.165, 1.54) is 70.0 Å². The summed E-state index contributed by atoms with van der Waals surface area (Å²) in [6.45, 7) is 0. The van der Waals surface area contributed by atoms with Gasteiger partial charge in [0.1, 0.15) is 0 Å². The van der Waals surface area contributed by atoms with E-state index in [2.05, 4.69) is 7.74 Å². The molecule has 0 spiro atoms. The Morgan fingerprint density at radius 2 is 1.75 bits per heavy atom. The monoisotopic (exact) mass is 352 g/mol. The van der Waals surface area contributed by atoms with Gasteiger partial charge in [-0.05, 0) is 0 Å². The van der Waals surface area contributed by atoms with Gasteiger partial charge >= 0.3 is 77.7 Å². The van der Waals surface area contributed by atoms with Gasteiger partial charge in [-0.2, -0.15) is 0 Å². The van der Waals surface area contributed by atoms with Crippen molar-refractivity contribution in [1.29, 1.82) is 0 Å². The van der Waals surface area contributed by atoms with Gasteiger partial charge in [0, 0.05) is 35.6 Å². The van der Waals surface area contributed by atoms with Gasteiger partial charge in [0.15, 0.2) is 0 Å². The number of hydrogen-bond donors (Lipinski definition) is 0. The molecule has 0 aromatic rings. The van der Waals surface area contributed by atoms with E-state index in [1.807, 2.05) is 0 Å². The van der Waals surface area contributed by atoms with Crippen molar-refractivity contribution in [1.82, 2.24) is 0 Å². The van der Waals surface area contributed by atoms with Crippen molar-refractivity contribution in [3.05, 3.63) is 0 Å². The Morgan fingerprint density at radius 1 is 1.12 bits per heavy atom. The van der Waals surface area contributed by atoms with E-state index in [9.17, 15) is 0 Å². The molecule has 0 nitrogen and oxygen atoms in total. The predicted molar refractivity (Wildman–Crippen MR) is 44.3 cm³/mol. The molecule has 0 amide bonds. The first-order chi connectivity index (χ1) is 3.41. The molecule has 0 aromatic carbocycles. The Kier molecular flexibility index (Phi) is 21.4. The summed E-state index contributed by atoms with van der Waals surface area (Å²) in [5.74, 6) is 0. The molecule has 0 bridgehead atoms. The third kappa shape index (κ3) is 11.7. The topological polar surface area (TPSA) is 0 Å². The van der Waals surface area contributed by atoms with Crippen LogP contribution < -0.4 is 0 Å². The molecule has 0 aliphatic carbocycles. The molecule has 0 N–H and O–H groups in total. The number of hydrogen-bond acceptors (Lipinski definition) is 0. The quantitative estimate of drug-likeness (QED) is 0.357. The molecule has 8 heteroatoms. The average molecular weight is 351 g/mol. The zero-order valence-corrected chi connectivity index (χ0v) is 12.4. The van der Waals surface area contributed by atoms with Crippen LogP contribution in [-0.2, 0) is 0 Å². The first-order valence-corrected chi connectivity index (χ1v) is 5.28. The van der Waals surface area contributed by atoms with Crippen LogP contribution in [0.15, 0.2) is 0 Å². The Balaban J connectivity index is 0. The van der Waals surface area contributed by atoms with E-state index in [0.29, 0.717) is 0 Å². The summed E-state index contributed by atoms with van der Waals surface area (Å²) in [7, 11) is 8.04. The Hall–Kier alpha value is 2.96. The van der Waals surface area contributed by atoms with Gasteiger partial charge < -0.3 is 0 Å². The molecule has 0 aliphatic heterocycles. The van der Waals surface area contributed by atoms with Gasteiger partial charge in [-0.15, -0.1) is 0 Å². The minimum atomic E-state index is 0. The van der Waals surface area contributed by atoms with Crippen LogP contribution in [0, 0.1) is 74.9 Å². The van der Waals surface area contributed by atoms with Crippen molar-refractivity contribution >= 4 is 38.3 Å². The summed E-state index contributed by atoms with van der Waals surface area (Å²) in [6.07, 6.45) is 0. The van der Waals surface area contributed by atoms with Gasteiger partial charge in [-0.1, -0.05) is 0 Å². The third-order valence-electron chi connectivity index (χ3n) is 1.03. The summed E-state index contributed by atoms with van der Waals surface area (Å²) in [4.78, 5) is 0. The van der Waals surface area contributed by atoms with Gasteiger partial charge in [0.05, 0.1) is 0 Å². The average Bonchev–Trinajstić information content (AvgIpc) is 1.69. The number of rotatable bonds is 4. The smallest absolute Gasteiger partial charge is 0 e. The zero-order chi connectivity index (χ0) is 5.54. The Bertz CT molecular complexity index is 27.7. The van der Waals surface area contributed by atoms with Crippen molar-refractivity contribution in [3.63, 3.8) is 0 Å². The first kappa shape index (κ1) is 13.5. The van der Waals surface area contributed by atoms with Crippen LogP contribution in [0.4, 0.5) is 0 Å². The summed E-state index contributed by atoms with van der Waals surface area (Å²) < 4.78 is 1.50. The minimum Gasteiger partial charge on any atom is 0 e. The van der Waals surface area contributed by atoms with Crippen molar-refractivity contribution in [3.8, 4) is 0 Å². The molecule has 0 aromatic heterocycles. The van der Waals surface area contributed by atoms with Crippen molar-refractivity contribution in [2.24, 2.45) is 0 Å². The summed E-state index contributed by atoms with van der Waals surface area (Å²) in [6, 6.07) is 0. The Labute approximate surface area is 111 Å². The van der Waals surface area contributed by atoms with E-state index < -0.39 is 0 Å². The summed E-state index contributed by atoms with van der Waals surface area (Å²) in [5.41, 5.74) is 0. The molecular weight excluding hydrogens is 344 g/mol.